The largest absolute Gasteiger partial charge is 0.508 e. The maximum Gasteiger partial charge on any atom is 0.333 e. The number of hydrogen-bond acceptors (Lipinski definition) is 4. The normalized spacial score (nSPS) is 23.5. The second-order valence-electron chi connectivity index (χ2n) is 5.14. The van der Waals surface area contributed by atoms with Crippen molar-refractivity contribution in [3.05, 3.63) is 51.9 Å². The second-order valence-corrected chi connectivity index (χ2v) is 5.14. The van der Waals surface area contributed by atoms with E-state index in [-0.39, 0.29) is 67.7 Å². The van der Waals surface area contributed by atoms with Crippen molar-refractivity contribution in [1.29, 1.82) is 0 Å². The van der Waals surface area contributed by atoms with Crippen LogP contribution in [0.3, 0.4) is 0 Å². The van der Waals surface area contributed by atoms with E-state index >= 15 is 0 Å². The zero-order chi connectivity index (χ0) is 15.4. The van der Waals surface area contributed by atoms with Gasteiger partial charge in [0.2, 0.25) is 0 Å². The zero-order valence-corrected chi connectivity index (χ0v) is 17.3. The SMILES string of the molecule is COC(=O)C1=CC(c2ccc(O)cc2)C(C)C(N=[N+]=[N-])C1.[Ac]. The first-order valence-electron chi connectivity index (χ1n) is 6.69. The van der Waals surface area contributed by atoms with E-state index in [1.54, 1.807) is 24.3 Å². The summed E-state index contributed by atoms with van der Waals surface area (Å²) < 4.78 is 4.77. The van der Waals surface area contributed by atoms with Crippen LogP contribution in [0.25, 0.3) is 10.4 Å². The molecule has 0 fully saturated rings. The first kappa shape index (κ1) is 19.0. The molecule has 113 valence electrons. The number of esters is 1. The number of methoxy groups -OCH3 is 1. The third kappa shape index (κ3) is 4.25. The van der Waals surface area contributed by atoms with Gasteiger partial charge in [-0.25, -0.2) is 4.79 Å². The van der Waals surface area contributed by atoms with Gasteiger partial charge >= 0.3 is 5.97 Å². The van der Waals surface area contributed by atoms with E-state index in [2.05, 4.69) is 10.0 Å². The number of hydrogen-bond donors (Lipinski definition) is 1. The maximum absolute atomic E-state index is 11.8. The molecular formula is C15H17AcN3O3. The van der Waals surface area contributed by atoms with Gasteiger partial charge in [0.15, 0.2) is 0 Å². The zero-order valence-electron chi connectivity index (χ0n) is 12.5. The molecule has 0 saturated carbocycles. The monoisotopic (exact) mass is 514 g/mol. The fraction of sp³-hybridized carbons (Fsp3) is 0.400. The van der Waals surface area contributed by atoms with E-state index in [9.17, 15) is 9.90 Å². The summed E-state index contributed by atoms with van der Waals surface area (Å²) in [6, 6.07) is 6.52. The van der Waals surface area contributed by atoms with Gasteiger partial charge in [0, 0.05) is 66.5 Å². The minimum Gasteiger partial charge on any atom is -0.508 e. The van der Waals surface area contributed by atoms with Crippen LogP contribution in [0.1, 0.15) is 24.8 Å². The van der Waals surface area contributed by atoms with Gasteiger partial charge in [-0.3, -0.25) is 0 Å². The van der Waals surface area contributed by atoms with Crippen LogP contribution in [0, 0.1) is 50.0 Å². The number of carbonyl (C=O) groups excluding carboxylic acids is 1. The smallest absolute Gasteiger partial charge is 0.333 e. The van der Waals surface area contributed by atoms with Gasteiger partial charge in [-0.05, 0) is 35.6 Å². The Balaban J connectivity index is 0.00000242. The third-order valence-corrected chi connectivity index (χ3v) is 3.91. The number of phenolic OH excluding ortho intramolecular Hbond substituents is 1. The van der Waals surface area contributed by atoms with Crippen LogP contribution in [0.2, 0.25) is 0 Å². The first-order chi connectivity index (χ1) is 10.1. The van der Waals surface area contributed by atoms with Crippen molar-refractivity contribution in [2.75, 3.05) is 7.11 Å². The van der Waals surface area contributed by atoms with Crippen LogP contribution in [0.4, 0.5) is 0 Å². The molecule has 0 heterocycles. The number of benzene rings is 1. The molecule has 1 aliphatic rings. The number of ether oxygens (including phenoxy) is 1. The van der Waals surface area contributed by atoms with Crippen LogP contribution < -0.4 is 0 Å². The summed E-state index contributed by atoms with van der Waals surface area (Å²) in [6.07, 6.45) is 2.25. The molecule has 1 aromatic rings. The minimum atomic E-state index is -0.399. The van der Waals surface area contributed by atoms with Crippen LogP contribution in [-0.2, 0) is 9.53 Å². The molecule has 6 nitrogen and oxygen atoms in total. The van der Waals surface area contributed by atoms with Gasteiger partial charge in [0.25, 0.3) is 0 Å². The van der Waals surface area contributed by atoms with Crippen molar-refractivity contribution >= 4 is 5.97 Å². The van der Waals surface area contributed by atoms with E-state index in [0.717, 1.165) is 5.56 Å². The van der Waals surface area contributed by atoms with Crippen molar-refractivity contribution in [2.24, 2.45) is 11.0 Å². The second kappa shape index (κ2) is 8.57. The van der Waals surface area contributed by atoms with Crippen LogP contribution >= 0.6 is 0 Å². The standard InChI is InChI=1S/C15H17N3O3.Ac/c1-9-13(10-3-5-12(19)6-4-10)7-11(15(20)21-2)8-14(9)17-18-16;/h3-7,9,13-14,19H,8H2,1-2H3;. The Hall–Kier alpha value is -1.02. The van der Waals surface area contributed by atoms with Crippen molar-refractivity contribution < 1.29 is 58.7 Å². The number of allylic oxidation sites excluding steroid dienone is 1. The third-order valence-electron chi connectivity index (χ3n) is 3.91. The summed E-state index contributed by atoms with van der Waals surface area (Å²) in [4.78, 5) is 14.7. The molecule has 0 aliphatic heterocycles. The molecule has 0 aromatic heterocycles. The average molecular weight is 514 g/mol. The fourth-order valence-corrected chi connectivity index (χ4v) is 2.68. The van der Waals surface area contributed by atoms with Gasteiger partial charge in [-0.1, -0.05) is 30.2 Å². The Morgan fingerprint density at radius 3 is 2.59 bits per heavy atom. The van der Waals surface area contributed by atoms with E-state index < -0.39 is 5.97 Å². The van der Waals surface area contributed by atoms with Crippen LogP contribution in [0.15, 0.2) is 41.0 Å². The molecule has 0 saturated heterocycles. The molecule has 1 aromatic carbocycles. The van der Waals surface area contributed by atoms with E-state index in [1.165, 1.54) is 7.11 Å². The molecule has 1 radical (unpaired) electrons. The van der Waals surface area contributed by atoms with Crippen molar-refractivity contribution in [3.63, 3.8) is 0 Å². The number of carbonyl (C=O) groups is 1. The summed E-state index contributed by atoms with van der Waals surface area (Å²) in [7, 11) is 1.33. The molecule has 22 heavy (non-hydrogen) atoms. The Labute approximate surface area is 164 Å². The predicted octanol–water partition coefficient (Wildman–Crippen LogP) is 3.29. The van der Waals surface area contributed by atoms with Crippen LogP contribution in [0.5, 0.6) is 5.75 Å². The molecule has 2 rings (SSSR count). The summed E-state index contributed by atoms with van der Waals surface area (Å²) in [5.41, 5.74) is 10.2. The summed E-state index contributed by atoms with van der Waals surface area (Å²) in [6.45, 7) is 1.99. The molecule has 1 aliphatic carbocycles. The molecule has 1 N–H and O–H groups in total. The van der Waals surface area contributed by atoms with Crippen molar-refractivity contribution in [1.82, 2.24) is 0 Å². The topological polar surface area (TPSA) is 95.3 Å². The van der Waals surface area contributed by atoms with Gasteiger partial charge in [-0.15, -0.1) is 0 Å². The Morgan fingerprint density at radius 1 is 1.41 bits per heavy atom. The summed E-state index contributed by atoms with van der Waals surface area (Å²) in [5, 5.41) is 13.2. The Morgan fingerprint density at radius 2 is 2.05 bits per heavy atom. The Kier molecular flexibility index (Phi) is 7.41. The first-order valence-corrected chi connectivity index (χ1v) is 6.69. The molecule has 7 heteroatoms. The van der Waals surface area contributed by atoms with E-state index in [0.29, 0.717) is 12.0 Å². The van der Waals surface area contributed by atoms with Gasteiger partial charge in [0.05, 0.1) is 7.11 Å². The maximum atomic E-state index is 11.8. The number of rotatable bonds is 3. The van der Waals surface area contributed by atoms with Crippen molar-refractivity contribution in [2.45, 2.75) is 25.3 Å². The summed E-state index contributed by atoms with van der Waals surface area (Å²) >= 11 is 0. The van der Waals surface area contributed by atoms with Crippen LogP contribution in [-0.4, -0.2) is 24.2 Å². The molecule has 0 amide bonds. The average Bonchev–Trinajstić information content (AvgIpc) is 2.49. The molecule has 3 atom stereocenters. The number of aromatic hydroxyl groups is 1. The Bertz CT molecular complexity index is 609. The number of phenols is 1. The molecule has 0 spiro atoms. The fourth-order valence-electron chi connectivity index (χ4n) is 2.68. The molecule has 3 unspecified atom stereocenters. The van der Waals surface area contributed by atoms with Gasteiger partial charge in [-0.2, -0.15) is 0 Å². The van der Waals surface area contributed by atoms with Gasteiger partial charge < -0.3 is 9.84 Å². The van der Waals surface area contributed by atoms with Crippen molar-refractivity contribution in [3.8, 4) is 5.75 Å². The van der Waals surface area contributed by atoms with Gasteiger partial charge in [0.1, 0.15) is 5.75 Å². The van der Waals surface area contributed by atoms with E-state index in [4.69, 9.17) is 10.3 Å². The number of azide groups is 1. The number of nitrogens with zero attached hydrogens (tertiary/aromatic N) is 3. The van der Waals surface area contributed by atoms with E-state index in [1.807, 2.05) is 13.0 Å². The molecule has 0 bridgehead atoms. The quantitative estimate of drug-likeness (QED) is 0.290. The minimum absolute atomic E-state index is 0. The summed E-state index contributed by atoms with van der Waals surface area (Å²) in [5.74, 6) is -0.224. The predicted molar refractivity (Wildman–Crippen MR) is 77.7 cm³/mol. The molecular weight excluding hydrogens is 497 g/mol.